The number of hydrogen-bond acceptors (Lipinski definition) is 3. The zero-order chi connectivity index (χ0) is 13.4. The molecule has 1 aliphatic rings. The van der Waals surface area contributed by atoms with E-state index in [1.165, 1.54) is 11.8 Å². The Morgan fingerprint density at radius 3 is 2.58 bits per heavy atom. The number of carboxylic acid groups (broad SMARTS) is 1. The van der Waals surface area contributed by atoms with Crippen molar-refractivity contribution in [3.8, 4) is 0 Å². The van der Waals surface area contributed by atoms with Crippen LogP contribution in [0.2, 0.25) is 0 Å². The van der Waals surface area contributed by atoms with E-state index in [2.05, 4.69) is 0 Å². The molecule has 0 bridgehead atoms. The summed E-state index contributed by atoms with van der Waals surface area (Å²) in [7, 11) is 0. The SMILES string of the molecule is O=C(O)c1cccc2c1CSc1ccccc1C2=O. The molecule has 0 aliphatic carbocycles. The van der Waals surface area contributed by atoms with Gasteiger partial charge >= 0.3 is 5.97 Å². The second-order valence-corrected chi connectivity index (χ2v) is 5.27. The van der Waals surface area contributed by atoms with Crippen molar-refractivity contribution < 1.29 is 14.7 Å². The number of fused-ring (bicyclic) bond motifs is 2. The van der Waals surface area contributed by atoms with Crippen LogP contribution < -0.4 is 0 Å². The number of hydrogen-bond donors (Lipinski definition) is 1. The zero-order valence-electron chi connectivity index (χ0n) is 9.92. The van der Waals surface area contributed by atoms with Gasteiger partial charge in [-0.25, -0.2) is 4.79 Å². The molecule has 2 aromatic rings. The first-order valence-corrected chi connectivity index (χ1v) is 6.79. The van der Waals surface area contributed by atoms with Crippen LogP contribution in [0.1, 0.15) is 31.8 Å². The molecular weight excluding hydrogens is 260 g/mol. The average Bonchev–Trinajstić information content (AvgIpc) is 2.57. The van der Waals surface area contributed by atoms with Crippen LogP contribution in [0.15, 0.2) is 47.4 Å². The zero-order valence-corrected chi connectivity index (χ0v) is 10.7. The molecule has 1 N–H and O–H groups in total. The van der Waals surface area contributed by atoms with Crippen LogP contribution in [0.5, 0.6) is 0 Å². The molecular formula is C15H10O3S. The third-order valence-electron chi connectivity index (χ3n) is 3.15. The highest BCUT2D eigenvalue weighted by atomic mass is 32.2. The van der Waals surface area contributed by atoms with E-state index in [0.29, 0.717) is 22.4 Å². The third kappa shape index (κ3) is 1.94. The van der Waals surface area contributed by atoms with Crippen molar-refractivity contribution >= 4 is 23.5 Å². The molecule has 3 rings (SSSR count). The van der Waals surface area contributed by atoms with Crippen LogP contribution in [0.3, 0.4) is 0 Å². The smallest absolute Gasteiger partial charge is 0.336 e. The van der Waals surface area contributed by atoms with Gasteiger partial charge in [-0.05, 0) is 23.8 Å². The Labute approximate surface area is 114 Å². The van der Waals surface area contributed by atoms with Gasteiger partial charge in [0.2, 0.25) is 0 Å². The Morgan fingerprint density at radius 1 is 1.05 bits per heavy atom. The number of aromatic carboxylic acids is 1. The summed E-state index contributed by atoms with van der Waals surface area (Å²) < 4.78 is 0. The molecule has 0 unspecified atom stereocenters. The Balaban J connectivity index is 2.23. The molecule has 0 saturated carbocycles. The topological polar surface area (TPSA) is 54.4 Å². The number of carboxylic acids is 1. The van der Waals surface area contributed by atoms with Gasteiger partial charge in [0.1, 0.15) is 0 Å². The molecule has 0 atom stereocenters. The van der Waals surface area contributed by atoms with E-state index >= 15 is 0 Å². The van der Waals surface area contributed by atoms with Crippen LogP contribution in [0, 0.1) is 0 Å². The third-order valence-corrected chi connectivity index (χ3v) is 4.25. The van der Waals surface area contributed by atoms with E-state index in [4.69, 9.17) is 0 Å². The maximum Gasteiger partial charge on any atom is 0.336 e. The van der Waals surface area contributed by atoms with E-state index in [9.17, 15) is 14.7 Å². The average molecular weight is 270 g/mol. The summed E-state index contributed by atoms with van der Waals surface area (Å²) in [5, 5.41) is 9.22. The van der Waals surface area contributed by atoms with E-state index < -0.39 is 5.97 Å². The molecule has 94 valence electrons. The van der Waals surface area contributed by atoms with E-state index in [1.54, 1.807) is 24.3 Å². The molecule has 3 nitrogen and oxygen atoms in total. The van der Waals surface area contributed by atoms with Gasteiger partial charge in [-0.1, -0.05) is 24.3 Å². The maximum atomic E-state index is 12.5. The quantitative estimate of drug-likeness (QED) is 0.864. The van der Waals surface area contributed by atoms with Gasteiger partial charge in [0.25, 0.3) is 0 Å². The van der Waals surface area contributed by atoms with Crippen LogP contribution in [0.25, 0.3) is 0 Å². The molecule has 19 heavy (non-hydrogen) atoms. The maximum absolute atomic E-state index is 12.5. The number of carbonyl (C=O) groups is 2. The predicted molar refractivity (Wildman–Crippen MR) is 72.8 cm³/mol. The molecule has 0 saturated heterocycles. The first-order chi connectivity index (χ1) is 9.18. The van der Waals surface area contributed by atoms with Crippen molar-refractivity contribution in [3.63, 3.8) is 0 Å². The van der Waals surface area contributed by atoms with Gasteiger partial charge in [-0.3, -0.25) is 4.79 Å². The lowest BCUT2D eigenvalue weighted by atomic mass is 9.96. The number of benzene rings is 2. The number of carbonyl (C=O) groups excluding carboxylic acids is 1. The normalized spacial score (nSPS) is 13.4. The van der Waals surface area contributed by atoms with Crippen molar-refractivity contribution in [1.29, 1.82) is 0 Å². The minimum Gasteiger partial charge on any atom is -0.478 e. The number of ketones is 1. The van der Waals surface area contributed by atoms with Crippen LogP contribution in [-0.4, -0.2) is 16.9 Å². The summed E-state index contributed by atoms with van der Waals surface area (Å²) in [6.45, 7) is 0. The fraction of sp³-hybridized carbons (Fsp3) is 0.0667. The van der Waals surface area contributed by atoms with Gasteiger partial charge in [0.05, 0.1) is 5.56 Å². The largest absolute Gasteiger partial charge is 0.478 e. The van der Waals surface area contributed by atoms with Gasteiger partial charge < -0.3 is 5.11 Å². The molecule has 2 aromatic carbocycles. The minimum absolute atomic E-state index is 0.0984. The van der Waals surface area contributed by atoms with Crippen molar-refractivity contribution in [2.45, 2.75) is 10.6 Å². The summed E-state index contributed by atoms with van der Waals surface area (Å²) in [5.41, 5.74) is 1.97. The van der Waals surface area contributed by atoms with E-state index in [0.717, 1.165) is 4.90 Å². The Morgan fingerprint density at radius 2 is 1.79 bits per heavy atom. The molecule has 1 heterocycles. The van der Waals surface area contributed by atoms with E-state index in [1.807, 2.05) is 18.2 Å². The van der Waals surface area contributed by atoms with Crippen LogP contribution >= 0.6 is 11.8 Å². The van der Waals surface area contributed by atoms with Crippen LogP contribution in [-0.2, 0) is 5.75 Å². The Kier molecular flexibility index (Phi) is 2.87. The Bertz CT molecular complexity index is 692. The second-order valence-electron chi connectivity index (χ2n) is 4.25. The minimum atomic E-state index is -0.990. The summed E-state index contributed by atoms with van der Waals surface area (Å²) >= 11 is 1.50. The lowest BCUT2D eigenvalue weighted by Crippen LogP contribution is -2.08. The molecule has 0 spiro atoms. The first-order valence-electron chi connectivity index (χ1n) is 5.80. The fourth-order valence-corrected chi connectivity index (χ4v) is 3.33. The summed E-state index contributed by atoms with van der Waals surface area (Å²) in [6, 6.07) is 12.3. The highest BCUT2D eigenvalue weighted by Gasteiger charge is 2.24. The predicted octanol–water partition coefficient (Wildman–Crippen LogP) is 3.22. The van der Waals surface area contributed by atoms with Crippen molar-refractivity contribution in [2.24, 2.45) is 0 Å². The molecule has 4 heteroatoms. The molecule has 0 radical (unpaired) electrons. The summed E-state index contributed by atoms with van der Waals surface area (Å²) in [6.07, 6.45) is 0. The van der Waals surface area contributed by atoms with Crippen molar-refractivity contribution in [1.82, 2.24) is 0 Å². The van der Waals surface area contributed by atoms with Gasteiger partial charge in [0.15, 0.2) is 5.78 Å². The van der Waals surface area contributed by atoms with Crippen LogP contribution in [0.4, 0.5) is 0 Å². The monoisotopic (exact) mass is 270 g/mol. The van der Waals surface area contributed by atoms with Gasteiger partial charge in [0, 0.05) is 21.8 Å². The highest BCUT2D eigenvalue weighted by Crippen LogP contribution is 2.34. The summed E-state index contributed by atoms with van der Waals surface area (Å²) in [5.74, 6) is -0.587. The molecule has 0 fully saturated rings. The Hall–Kier alpha value is -2.07. The van der Waals surface area contributed by atoms with Gasteiger partial charge in [-0.15, -0.1) is 11.8 Å². The first kappa shape index (κ1) is 12.0. The lowest BCUT2D eigenvalue weighted by molar-refractivity contribution is 0.0696. The fourth-order valence-electron chi connectivity index (χ4n) is 2.23. The number of rotatable bonds is 1. The van der Waals surface area contributed by atoms with Gasteiger partial charge in [-0.2, -0.15) is 0 Å². The number of thioether (sulfide) groups is 1. The standard InChI is InChI=1S/C15H10O3S/c16-14-9-5-3-6-10(15(17)18)12(9)8-19-13-7-2-1-4-11(13)14/h1-7H,8H2,(H,17,18). The second kappa shape index (κ2) is 4.55. The molecule has 0 aromatic heterocycles. The highest BCUT2D eigenvalue weighted by molar-refractivity contribution is 7.98. The summed E-state index contributed by atoms with van der Waals surface area (Å²) in [4.78, 5) is 24.6. The van der Waals surface area contributed by atoms with E-state index in [-0.39, 0.29) is 11.3 Å². The van der Waals surface area contributed by atoms with Crippen molar-refractivity contribution in [3.05, 3.63) is 64.7 Å². The lowest BCUT2D eigenvalue weighted by Gasteiger charge is -2.07. The molecule has 1 aliphatic heterocycles. The van der Waals surface area contributed by atoms with Crippen molar-refractivity contribution in [2.75, 3.05) is 0 Å². The molecule has 0 amide bonds.